The maximum absolute atomic E-state index is 12.5. The maximum Gasteiger partial charge on any atom is 0.330 e. The van der Waals surface area contributed by atoms with Gasteiger partial charge >= 0.3 is 5.69 Å². The molecule has 2 aliphatic heterocycles. The van der Waals surface area contributed by atoms with Crippen LogP contribution < -0.4 is 11.2 Å². The highest BCUT2D eigenvalue weighted by atomic mass is 28.4. The summed E-state index contributed by atoms with van der Waals surface area (Å²) >= 11 is 0. The molecule has 7 nitrogen and oxygen atoms in total. The highest BCUT2D eigenvalue weighted by Crippen LogP contribution is 2.66. The Kier molecular flexibility index (Phi) is 4.77. The zero-order valence-electron chi connectivity index (χ0n) is 17.5. The number of fused-ring (bicyclic) bond motifs is 3. The Bertz CT molecular complexity index is 864. The number of aromatic amines is 1. The van der Waals surface area contributed by atoms with Gasteiger partial charge in [0.2, 0.25) is 0 Å². The average molecular weight is 409 g/mol. The molecule has 0 aromatic carbocycles. The van der Waals surface area contributed by atoms with Gasteiger partial charge in [0.15, 0.2) is 14.5 Å². The molecule has 4 atom stereocenters. The van der Waals surface area contributed by atoms with Crippen LogP contribution in [0.1, 0.15) is 58.7 Å². The lowest BCUT2D eigenvalue weighted by molar-refractivity contribution is -0.225. The number of ether oxygens (including phenoxy) is 2. The highest BCUT2D eigenvalue weighted by Gasteiger charge is 2.78. The van der Waals surface area contributed by atoms with Gasteiger partial charge in [-0.15, -0.1) is 0 Å². The van der Waals surface area contributed by atoms with Crippen molar-refractivity contribution < 1.29 is 13.9 Å². The summed E-state index contributed by atoms with van der Waals surface area (Å²) in [4.78, 5) is 26.7. The summed E-state index contributed by atoms with van der Waals surface area (Å²) in [5.74, 6) is 0. The summed E-state index contributed by atoms with van der Waals surface area (Å²) in [6.07, 6.45) is 3.24. The van der Waals surface area contributed by atoms with Crippen LogP contribution in [-0.2, 0) is 13.9 Å². The molecule has 1 N–H and O–H groups in total. The molecule has 2 saturated heterocycles. The van der Waals surface area contributed by atoms with Crippen molar-refractivity contribution in [3.8, 4) is 0 Å². The second kappa shape index (κ2) is 6.65. The summed E-state index contributed by atoms with van der Waals surface area (Å²) in [5, 5.41) is 0. The van der Waals surface area contributed by atoms with Crippen molar-refractivity contribution in [2.24, 2.45) is 0 Å². The Hall–Kier alpha value is -1.22. The van der Waals surface area contributed by atoms with Crippen LogP contribution in [0.5, 0.6) is 0 Å². The molecule has 1 unspecified atom stereocenters. The fourth-order valence-corrected chi connectivity index (χ4v) is 8.16. The van der Waals surface area contributed by atoms with Gasteiger partial charge in [0.1, 0.15) is 23.4 Å². The SMILES string of the molecule is CC[C@@]12O[C@@H](n3cc(C)c(=O)[nH]c3=O)[C@@H](OC13CC3)C2O[Si](CC)(CC)CC. The van der Waals surface area contributed by atoms with Crippen molar-refractivity contribution >= 4 is 8.32 Å². The molecule has 1 aromatic heterocycles. The molecular weight excluding hydrogens is 376 g/mol. The van der Waals surface area contributed by atoms with Crippen molar-refractivity contribution in [2.75, 3.05) is 0 Å². The van der Waals surface area contributed by atoms with Crippen molar-refractivity contribution in [3.63, 3.8) is 0 Å². The van der Waals surface area contributed by atoms with Gasteiger partial charge in [-0.3, -0.25) is 14.3 Å². The minimum absolute atomic E-state index is 0.171. The Labute approximate surface area is 166 Å². The molecule has 156 valence electrons. The van der Waals surface area contributed by atoms with E-state index in [2.05, 4.69) is 32.7 Å². The number of aryl methyl sites for hydroxylation is 1. The number of hydrogen-bond donors (Lipinski definition) is 1. The molecule has 3 heterocycles. The quantitative estimate of drug-likeness (QED) is 0.702. The van der Waals surface area contributed by atoms with Gasteiger partial charge in [0.05, 0.1) is 0 Å². The summed E-state index contributed by atoms with van der Waals surface area (Å²) in [5.41, 5.74) is -1.14. The van der Waals surface area contributed by atoms with Gasteiger partial charge in [0, 0.05) is 11.8 Å². The van der Waals surface area contributed by atoms with Gasteiger partial charge in [-0.2, -0.15) is 0 Å². The van der Waals surface area contributed by atoms with Gasteiger partial charge in [-0.05, 0) is 44.3 Å². The molecule has 28 heavy (non-hydrogen) atoms. The normalized spacial score (nSPS) is 33.0. The first-order chi connectivity index (χ1) is 13.3. The van der Waals surface area contributed by atoms with E-state index in [0.717, 1.165) is 37.4 Å². The van der Waals surface area contributed by atoms with Crippen LogP contribution in [-0.4, -0.2) is 41.3 Å². The first-order valence-corrected chi connectivity index (χ1v) is 13.2. The lowest BCUT2D eigenvalue weighted by Crippen LogP contribution is -2.53. The van der Waals surface area contributed by atoms with Crippen LogP contribution in [0.15, 0.2) is 15.8 Å². The Morgan fingerprint density at radius 1 is 1.18 bits per heavy atom. The van der Waals surface area contributed by atoms with E-state index in [1.54, 1.807) is 13.1 Å². The predicted molar refractivity (Wildman–Crippen MR) is 108 cm³/mol. The summed E-state index contributed by atoms with van der Waals surface area (Å²) < 4.78 is 21.6. The molecule has 0 amide bonds. The van der Waals surface area contributed by atoms with Crippen molar-refractivity contribution in [1.29, 1.82) is 0 Å². The smallest absolute Gasteiger partial charge is 0.330 e. The second-order valence-corrected chi connectivity index (χ2v) is 13.3. The van der Waals surface area contributed by atoms with E-state index in [1.165, 1.54) is 4.57 Å². The lowest BCUT2D eigenvalue weighted by atomic mass is 9.88. The first-order valence-electron chi connectivity index (χ1n) is 10.7. The third kappa shape index (κ3) is 2.57. The van der Waals surface area contributed by atoms with E-state index in [1.807, 2.05) is 0 Å². The summed E-state index contributed by atoms with van der Waals surface area (Å²) in [7, 11) is -1.89. The number of nitrogens with zero attached hydrogens (tertiary/aromatic N) is 1. The second-order valence-electron chi connectivity index (χ2n) is 8.59. The van der Waals surface area contributed by atoms with Crippen LogP contribution in [0.3, 0.4) is 0 Å². The molecule has 1 aromatic rings. The topological polar surface area (TPSA) is 82.6 Å². The zero-order valence-corrected chi connectivity index (χ0v) is 18.5. The Morgan fingerprint density at radius 2 is 1.82 bits per heavy atom. The van der Waals surface area contributed by atoms with Crippen LogP contribution in [0.2, 0.25) is 18.1 Å². The molecule has 3 fully saturated rings. The number of H-pyrrole nitrogens is 1. The van der Waals surface area contributed by atoms with Crippen LogP contribution >= 0.6 is 0 Å². The van der Waals surface area contributed by atoms with E-state index >= 15 is 0 Å². The maximum atomic E-state index is 12.5. The van der Waals surface area contributed by atoms with E-state index in [9.17, 15) is 9.59 Å². The fraction of sp³-hybridized carbons (Fsp3) is 0.800. The van der Waals surface area contributed by atoms with Gasteiger partial charge in [-0.25, -0.2) is 4.79 Å². The fourth-order valence-electron chi connectivity index (χ4n) is 5.29. The molecule has 1 saturated carbocycles. The molecule has 3 aliphatic rings. The standard InChI is InChI=1S/C20H32N2O5Si/c1-6-20-15(27-28(7-2,8-3)9-4)14(25-19(20)10-11-19)17(26-20)22-12-13(5)16(23)21-18(22)24/h12,14-15,17H,6-11H2,1-5H3,(H,21,23,24)/t14-,15?,17+,20-/m0/s1. The number of hydrogen-bond acceptors (Lipinski definition) is 5. The average Bonchev–Trinajstić information content (AvgIpc) is 3.34. The Balaban J connectivity index is 1.76. The highest BCUT2D eigenvalue weighted by molar-refractivity contribution is 6.73. The molecule has 4 rings (SSSR count). The van der Waals surface area contributed by atoms with Crippen molar-refractivity contribution in [3.05, 3.63) is 32.6 Å². The molecular formula is C20H32N2O5Si. The van der Waals surface area contributed by atoms with E-state index < -0.39 is 25.8 Å². The third-order valence-corrected chi connectivity index (χ3v) is 12.1. The summed E-state index contributed by atoms with van der Waals surface area (Å²) in [6, 6.07) is 3.16. The summed E-state index contributed by atoms with van der Waals surface area (Å²) in [6.45, 7) is 10.5. The van der Waals surface area contributed by atoms with Crippen LogP contribution in [0, 0.1) is 6.92 Å². The van der Waals surface area contributed by atoms with Gasteiger partial charge in [0.25, 0.3) is 5.56 Å². The molecule has 1 spiro atoms. The van der Waals surface area contributed by atoms with Crippen molar-refractivity contribution in [2.45, 2.75) is 102 Å². The number of nitrogens with one attached hydrogen (secondary N) is 1. The molecule has 0 radical (unpaired) electrons. The predicted octanol–water partition coefficient (Wildman–Crippen LogP) is 2.84. The van der Waals surface area contributed by atoms with E-state index in [-0.39, 0.29) is 23.4 Å². The minimum atomic E-state index is -1.89. The zero-order chi connectivity index (χ0) is 20.3. The van der Waals surface area contributed by atoms with Crippen molar-refractivity contribution in [1.82, 2.24) is 9.55 Å². The van der Waals surface area contributed by atoms with Crippen LogP contribution in [0.25, 0.3) is 0 Å². The van der Waals surface area contributed by atoms with Gasteiger partial charge < -0.3 is 13.9 Å². The third-order valence-electron chi connectivity index (χ3n) is 7.46. The molecule has 1 aliphatic carbocycles. The van der Waals surface area contributed by atoms with Gasteiger partial charge in [-0.1, -0.05) is 27.7 Å². The van der Waals surface area contributed by atoms with E-state index in [4.69, 9.17) is 13.9 Å². The number of rotatable bonds is 7. The first kappa shape index (κ1) is 20.1. The monoisotopic (exact) mass is 408 g/mol. The largest absolute Gasteiger partial charge is 0.408 e. The Morgan fingerprint density at radius 3 is 2.36 bits per heavy atom. The lowest BCUT2D eigenvalue weighted by Gasteiger charge is -2.40. The molecule has 2 bridgehead atoms. The minimum Gasteiger partial charge on any atom is -0.408 e. The number of aromatic nitrogens is 2. The van der Waals surface area contributed by atoms with E-state index in [0.29, 0.717) is 5.56 Å². The van der Waals surface area contributed by atoms with Crippen LogP contribution in [0.4, 0.5) is 0 Å². The molecule has 8 heteroatoms.